The fourth-order valence-electron chi connectivity index (χ4n) is 1.74. The zero-order chi connectivity index (χ0) is 13.5. The molecule has 0 amide bonds. The lowest BCUT2D eigenvalue weighted by molar-refractivity contribution is 0.216. The lowest BCUT2D eigenvalue weighted by Crippen LogP contribution is -2.30. The average Bonchev–Trinajstić information content (AvgIpc) is 2.46. The molecular formula is C16H19NO2. The first-order valence-electron chi connectivity index (χ1n) is 6.40. The van der Waals surface area contributed by atoms with Gasteiger partial charge in [0.05, 0.1) is 12.6 Å². The van der Waals surface area contributed by atoms with Crippen LogP contribution in [0.1, 0.15) is 5.56 Å². The van der Waals surface area contributed by atoms with Gasteiger partial charge < -0.3 is 15.2 Å². The van der Waals surface area contributed by atoms with E-state index in [9.17, 15) is 5.11 Å². The van der Waals surface area contributed by atoms with Gasteiger partial charge in [0.15, 0.2) is 0 Å². The fourth-order valence-corrected chi connectivity index (χ4v) is 1.74. The Kier molecular flexibility index (Phi) is 4.81. The molecule has 1 unspecified atom stereocenters. The van der Waals surface area contributed by atoms with Gasteiger partial charge in [-0.25, -0.2) is 0 Å². The number of rotatable bonds is 6. The number of aryl methyl sites for hydroxylation is 1. The van der Waals surface area contributed by atoms with Gasteiger partial charge in [-0.15, -0.1) is 0 Å². The average molecular weight is 257 g/mol. The molecule has 3 heteroatoms. The number of aliphatic hydroxyl groups excluding tert-OH is 1. The Hall–Kier alpha value is -2.00. The number of hydrogen-bond acceptors (Lipinski definition) is 3. The molecule has 0 aliphatic carbocycles. The van der Waals surface area contributed by atoms with E-state index in [-0.39, 0.29) is 12.6 Å². The SMILES string of the molecule is Cc1ccc(NC(CO)COc2ccccc2)cc1. The largest absolute Gasteiger partial charge is 0.491 e. The molecule has 0 aliphatic rings. The molecule has 100 valence electrons. The first-order chi connectivity index (χ1) is 9.28. The second-order valence-electron chi connectivity index (χ2n) is 4.51. The van der Waals surface area contributed by atoms with Crippen molar-refractivity contribution in [1.82, 2.24) is 0 Å². The number of aliphatic hydroxyl groups is 1. The highest BCUT2D eigenvalue weighted by atomic mass is 16.5. The van der Waals surface area contributed by atoms with Crippen molar-refractivity contribution in [1.29, 1.82) is 0 Å². The third kappa shape index (κ3) is 4.30. The maximum absolute atomic E-state index is 9.38. The highest BCUT2D eigenvalue weighted by Crippen LogP contribution is 2.12. The predicted molar refractivity (Wildman–Crippen MR) is 77.6 cm³/mol. The predicted octanol–water partition coefficient (Wildman–Crippen LogP) is 2.85. The molecule has 0 spiro atoms. The van der Waals surface area contributed by atoms with Crippen molar-refractivity contribution in [3.8, 4) is 5.75 Å². The Balaban J connectivity index is 1.88. The van der Waals surface area contributed by atoms with Crippen molar-refractivity contribution in [3.05, 3.63) is 60.2 Å². The summed E-state index contributed by atoms with van der Waals surface area (Å²) in [5.74, 6) is 0.812. The van der Waals surface area contributed by atoms with Crippen LogP contribution in [0, 0.1) is 6.92 Å². The number of nitrogens with one attached hydrogen (secondary N) is 1. The van der Waals surface area contributed by atoms with E-state index < -0.39 is 0 Å². The molecule has 0 fully saturated rings. The van der Waals surface area contributed by atoms with Crippen molar-refractivity contribution >= 4 is 5.69 Å². The van der Waals surface area contributed by atoms with Crippen LogP contribution < -0.4 is 10.1 Å². The molecular weight excluding hydrogens is 238 g/mol. The molecule has 0 saturated carbocycles. The molecule has 19 heavy (non-hydrogen) atoms. The van der Waals surface area contributed by atoms with Gasteiger partial charge in [0.2, 0.25) is 0 Å². The summed E-state index contributed by atoms with van der Waals surface area (Å²) in [6, 6.07) is 17.6. The molecule has 1 atom stereocenters. The number of hydrogen-bond donors (Lipinski definition) is 2. The Morgan fingerprint density at radius 1 is 1.05 bits per heavy atom. The highest BCUT2D eigenvalue weighted by Gasteiger charge is 2.08. The minimum Gasteiger partial charge on any atom is -0.491 e. The van der Waals surface area contributed by atoms with Crippen LogP contribution in [0.15, 0.2) is 54.6 Å². The van der Waals surface area contributed by atoms with E-state index in [2.05, 4.69) is 5.32 Å². The monoisotopic (exact) mass is 257 g/mol. The molecule has 0 radical (unpaired) electrons. The summed E-state index contributed by atoms with van der Waals surface area (Å²) in [6.07, 6.45) is 0. The Labute approximate surface area is 113 Å². The summed E-state index contributed by atoms with van der Waals surface area (Å²) in [5, 5.41) is 12.6. The quantitative estimate of drug-likeness (QED) is 0.836. The summed E-state index contributed by atoms with van der Waals surface area (Å²) < 4.78 is 5.63. The Morgan fingerprint density at radius 3 is 2.37 bits per heavy atom. The minimum atomic E-state index is -0.122. The van der Waals surface area contributed by atoms with Gasteiger partial charge in [-0.05, 0) is 31.2 Å². The summed E-state index contributed by atoms with van der Waals surface area (Å²) >= 11 is 0. The van der Waals surface area contributed by atoms with Gasteiger partial charge >= 0.3 is 0 Å². The topological polar surface area (TPSA) is 41.5 Å². The minimum absolute atomic E-state index is 0.0285. The molecule has 0 aliphatic heterocycles. The molecule has 0 aromatic heterocycles. The molecule has 2 aromatic rings. The third-order valence-corrected chi connectivity index (χ3v) is 2.84. The van der Waals surface area contributed by atoms with Gasteiger partial charge in [0, 0.05) is 5.69 Å². The maximum Gasteiger partial charge on any atom is 0.119 e. The van der Waals surface area contributed by atoms with E-state index in [1.807, 2.05) is 61.5 Å². The van der Waals surface area contributed by atoms with E-state index in [1.54, 1.807) is 0 Å². The third-order valence-electron chi connectivity index (χ3n) is 2.84. The first kappa shape index (κ1) is 13.4. The van der Waals surface area contributed by atoms with Gasteiger partial charge in [0.25, 0.3) is 0 Å². The van der Waals surface area contributed by atoms with Crippen LogP contribution in [0.2, 0.25) is 0 Å². The van der Waals surface area contributed by atoms with Gasteiger partial charge in [0.1, 0.15) is 12.4 Å². The van der Waals surface area contributed by atoms with E-state index in [1.165, 1.54) is 5.56 Å². The van der Waals surface area contributed by atoms with Crippen LogP contribution in [0.3, 0.4) is 0 Å². The molecule has 0 bridgehead atoms. The van der Waals surface area contributed by atoms with Crippen molar-refractivity contribution < 1.29 is 9.84 Å². The van der Waals surface area contributed by atoms with Crippen LogP contribution in [-0.2, 0) is 0 Å². The summed E-state index contributed by atoms with van der Waals surface area (Å²) in [5.41, 5.74) is 2.20. The Morgan fingerprint density at radius 2 is 1.74 bits per heavy atom. The zero-order valence-electron chi connectivity index (χ0n) is 11.0. The molecule has 0 heterocycles. The molecule has 2 N–H and O–H groups in total. The van der Waals surface area contributed by atoms with Gasteiger partial charge in [-0.2, -0.15) is 0 Å². The van der Waals surface area contributed by atoms with E-state index >= 15 is 0 Å². The standard InChI is InChI=1S/C16H19NO2/c1-13-7-9-14(10-8-13)17-15(11-18)12-19-16-5-3-2-4-6-16/h2-10,15,17-18H,11-12H2,1H3. The maximum atomic E-state index is 9.38. The second kappa shape index (κ2) is 6.81. The smallest absolute Gasteiger partial charge is 0.119 e. The Bertz CT molecular complexity index is 482. The van der Waals surface area contributed by atoms with Crippen molar-refractivity contribution in [3.63, 3.8) is 0 Å². The molecule has 2 rings (SSSR count). The number of ether oxygens (including phenoxy) is 1. The normalized spacial score (nSPS) is 11.9. The lowest BCUT2D eigenvalue weighted by atomic mass is 10.2. The summed E-state index contributed by atoms with van der Waals surface area (Å²) in [7, 11) is 0. The van der Waals surface area contributed by atoms with Crippen LogP contribution in [0.25, 0.3) is 0 Å². The van der Waals surface area contributed by atoms with Crippen LogP contribution in [0.5, 0.6) is 5.75 Å². The highest BCUT2D eigenvalue weighted by molar-refractivity contribution is 5.45. The zero-order valence-corrected chi connectivity index (χ0v) is 11.0. The molecule has 2 aromatic carbocycles. The van der Waals surface area contributed by atoms with Crippen molar-refractivity contribution in [2.45, 2.75) is 13.0 Å². The van der Waals surface area contributed by atoms with E-state index in [4.69, 9.17) is 4.74 Å². The second-order valence-corrected chi connectivity index (χ2v) is 4.51. The van der Waals surface area contributed by atoms with Crippen LogP contribution >= 0.6 is 0 Å². The summed E-state index contributed by atoms with van der Waals surface area (Å²) in [4.78, 5) is 0. The fraction of sp³-hybridized carbons (Fsp3) is 0.250. The van der Waals surface area contributed by atoms with E-state index in [0.29, 0.717) is 6.61 Å². The van der Waals surface area contributed by atoms with Gasteiger partial charge in [-0.3, -0.25) is 0 Å². The van der Waals surface area contributed by atoms with Crippen LogP contribution in [-0.4, -0.2) is 24.4 Å². The van der Waals surface area contributed by atoms with Gasteiger partial charge in [-0.1, -0.05) is 35.9 Å². The van der Waals surface area contributed by atoms with Crippen molar-refractivity contribution in [2.24, 2.45) is 0 Å². The summed E-state index contributed by atoms with van der Waals surface area (Å²) in [6.45, 7) is 2.50. The molecule has 0 saturated heterocycles. The number of anilines is 1. The van der Waals surface area contributed by atoms with E-state index in [0.717, 1.165) is 11.4 Å². The number of benzene rings is 2. The first-order valence-corrected chi connectivity index (χ1v) is 6.40. The molecule has 3 nitrogen and oxygen atoms in total. The van der Waals surface area contributed by atoms with Crippen molar-refractivity contribution in [2.75, 3.05) is 18.5 Å². The number of para-hydroxylation sites is 1. The van der Waals surface area contributed by atoms with Crippen LogP contribution in [0.4, 0.5) is 5.69 Å². The lowest BCUT2D eigenvalue weighted by Gasteiger charge is -2.18.